The van der Waals surface area contributed by atoms with E-state index < -0.39 is 5.97 Å². The SMILES string of the molecule is Cl.O=C(O)C1CCN(Cc2coc(-c3cccc(F)c3)n2)CC1. The first kappa shape index (κ1) is 17.4. The molecule has 0 bridgehead atoms. The molecule has 3 rings (SSSR count). The number of piperidine rings is 1. The summed E-state index contributed by atoms with van der Waals surface area (Å²) < 4.78 is 18.6. The van der Waals surface area contributed by atoms with Gasteiger partial charge >= 0.3 is 5.97 Å². The van der Waals surface area contributed by atoms with Crippen molar-refractivity contribution in [2.75, 3.05) is 13.1 Å². The number of carboxylic acid groups (broad SMARTS) is 1. The van der Waals surface area contributed by atoms with E-state index in [4.69, 9.17) is 9.52 Å². The van der Waals surface area contributed by atoms with Gasteiger partial charge in [0.25, 0.3) is 0 Å². The Bertz CT molecular complexity index is 669. The summed E-state index contributed by atoms with van der Waals surface area (Å²) in [6.07, 6.45) is 2.89. The van der Waals surface area contributed by atoms with Crippen LogP contribution in [-0.4, -0.2) is 34.0 Å². The second-order valence-corrected chi connectivity index (χ2v) is 5.54. The summed E-state index contributed by atoms with van der Waals surface area (Å²) in [5.74, 6) is -0.881. The Morgan fingerprint density at radius 1 is 1.39 bits per heavy atom. The molecule has 0 spiro atoms. The van der Waals surface area contributed by atoms with Crippen LogP contribution in [0.3, 0.4) is 0 Å². The Morgan fingerprint density at radius 3 is 2.78 bits per heavy atom. The fourth-order valence-electron chi connectivity index (χ4n) is 2.70. The normalized spacial score (nSPS) is 16.0. The number of oxazole rings is 1. The molecule has 0 unspecified atom stereocenters. The molecular weight excluding hydrogens is 323 g/mol. The van der Waals surface area contributed by atoms with E-state index in [9.17, 15) is 9.18 Å². The van der Waals surface area contributed by atoms with Gasteiger partial charge in [-0.1, -0.05) is 6.07 Å². The van der Waals surface area contributed by atoms with Crippen molar-refractivity contribution in [3.8, 4) is 11.5 Å². The first-order valence-electron chi connectivity index (χ1n) is 7.27. The molecule has 2 aromatic rings. The van der Waals surface area contributed by atoms with Gasteiger partial charge in [0.05, 0.1) is 11.6 Å². The number of rotatable bonds is 4. The summed E-state index contributed by atoms with van der Waals surface area (Å²) in [5, 5.41) is 8.99. The number of nitrogens with zero attached hydrogens (tertiary/aromatic N) is 2. The van der Waals surface area contributed by atoms with Crippen LogP contribution < -0.4 is 0 Å². The molecule has 1 aromatic heterocycles. The molecule has 5 nitrogen and oxygen atoms in total. The summed E-state index contributed by atoms with van der Waals surface area (Å²) in [6, 6.07) is 6.12. The average molecular weight is 341 g/mol. The third-order valence-corrected chi connectivity index (χ3v) is 3.95. The topological polar surface area (TPSA) is 66.6 Å². The molecule has 1 aliphatic heterocycles. The largest absolute Gasteiger partial charge is 0.481 e. The molecule has 124 valence electrons. The van der Waals surface area contributed by atoms with Gasteiger partial charge in [0.2, 0.25) is 5.89 Å². The average Bonchev–Trinajstić information content (AvgIpc) is 2.96. The molecule has 2 heterocycles. The Morgan fingerprint density at radius 2 is 2.13 bits per heavy atom. The van der Waals surface area contributed by atoms with Gasteiger partial charge in [-0.15, -0.1) is 12.4 Å². The Hall–Kier alpha value is -1.92. The second kappa shape index (κ2) is 7.57. The molecule has 0 atom stereocenters. The Labute approximate surface area is 139 Å². The van der Waals surface area contributed by atoms with Crippen molar-refractivity contribution in [1.29, 1.82) is 0 Å². The van der Waals surface area contributed by atoms with Crippen molar-refractivity contribution in [2.45, 2.75) is 19.4 Å². The Balaban J connectivity index is 0.00000192. The van der Waals surface area contributed by atoms with E-state index in [2.05, 4.69) is 9.88 Å². The van der Waals surface area contributed by atoms with Crippen LogP contribution in [0.15, 0.2) is 34.9 Å². The maximum atomic E-state index is 13.2. The summed E-state index contributed by atoms with van der Waals surface area (Å²) in [5.41, 5.74) is 1.38. The molecule has 7 heteroatoms. The lowest BCUT2D eigenvalue weighted by molar-refractivity contribution is -0.143. The molecule has 0 aliphatic carbocycles. The summed E-state index contributed by atoms with van der Waals surface area (Å²) in [6.45, 7) is 2.09. The number of carbonyl (C=O) groups is 1. The third kappa shape index (κ3) is 4.30. The van der Waals surface area contributed by atoms with Crippen LogP contribution in [-0.2, 0) is 11.3 Å². The molecule has 1 aliphatic rings. The molecule has 1 saturated heterocycles. The van der Waals surface area contributed by atoms with Crippen LogP contribution in [0.2, 0.25) is 0 Å². The van der Waals surface area contributed by atoms with Crippen molar-refractivity contribution >= 4 is 18.4 Å². The lowest BCUT2D eigenvalue weighted by atomic mass is 9.97. The summed E-state index contributed by atoms with van der Waals surface area (Å²) in [4.78, 5) is 17.5. The van der Waals surface area contributed by atoms with Crippen molar-refractivity contribution in [3.63, 3.8) is 0 Å². The van der Waals surface area contributed by atoms with Crippen LogP contribution in [0.1, 0.15) is 18.5 Å². The van der Waals surface area contributed by atoms with Gasteiger partial charge in [0.15, 0.2) is 0 Å². The number of halogens is 2. The molecule has 1 fully saturated rings. The molecule has 1 N–H and O–H groups in total. The number of likely N-dealkylation sites (tertiary alicyclic amines) is 1. The predicted octanol–water partition coefficient (Wildman–Crippen LogP) is 3.20. The maximum Gasteiger partial charge on any atom is 0.306 e. The monoisotopic (exact) mass is 340 g/mol. The number of benzene rings is 1. The van der Waals surface area contributed by atoms with Gasteiger partial charge in [-0.05, 0) is 44.1 Å². The van der Waals surface area contributed by atoms with Crippen molar-refractivity contribution in [3.05, 3.63) is 42.0 Å². The van der Waals surface area contributed by atoms with Gasteiger partial charge in [0, 0.05) is 12.1 Å². The van der Waals surface area contributed by atoms with E-state index in [0.717, 1.165) is 18.8 Å². The zero-order valence-corrected chi connectivity index (χ0v) is 13.3. The first-order valence-corrected chi connectivity index (χ1v) is 7.27. The minimum absolute atomic E-state index is 0. The van der Waals surface area contributed by atoms with Crippen molar-refractivity contribution < 1.29 is 18.7 Å². The lowest BCUT2D eigenvalue weighted by Crippen LogP contribution is -2.35. The number of aromatic nitrogens is 1. The maximum absolute atomic E-state index is 13.2. The van der Waals surface area contributed by atoms with Crippen LogP contribution in [0.4, 0.5) is 4.39 Å². The lowest BCUT2D eigenvalue weighted by Gasteiger charge is -2.29. The van der Waals surface area contributed by atoms with Crippen LogP contribution in [0.25, 0.3) is 11.5 Å². The van der Waals surface area contributed by atoms with E-state index in [1.54, 1.807) is 18.4 Å². The summed E-state index contributed by atoms with van der Waals surface area (Å²) >= 11 is 0. The van der Waals surface area contributed by atoms with Crippen LogP contribution >= 0.6 is 12.4 Å². The van der Waals surface area contributed by atoms with E-state index in [1.165, 1.54) is 12.1 Å². The van der Waals surface area contributed by atoms with Gasteiger partial charge < -0.3 is 9.52 Å². The Kier molecular flexibility index (Phi) is 5.74. The van der Waals surface area contributed by atoms with E-state index in [-0.39, 0.29) is 24.1 Å². The smallest absolute Gasteiger partial charge is 0.306 e. The van der Waals surface area contributed by atoms with Gasteiger partial charge in [-0.25, -0.2) is 9.37 Å². The summed E-state index contributed by atoms with van der Waals surface area (Å²) in [7, 11) is 0. The molecule has 1 aromatic carbocycles. The molecule has 0 amide bonds. The minimum atomic E-state index is -0.713. The van der Waals surface area contributed by atoms with Crippen molar-refractivity contribution in [2.24, 2.45) is 5.92 Å². The van der Waals surface area contributed by atoms with Gasteiger partial charge in [0.1, 0.15) is 12.1 Å². The van der Waals surface area contributed by atoms with Crippen LogP contribution in [0, 0.1) is 11.7 Å². The highest BCUT2D eigenvalue weighted by atomic mass is 35.5. The van der Waals surface area contributed by atoms with Gasteiger partial charge in [-0.3, -0.25) is 9.69 Å². The van der Waals surface area contributed by atoms with Crippen LogP contribution in [0.5, 0.6) is 0 Å². The second-order valence-electron chi connectivity index (χ2n) is 5.54. The fourth-order valence-corrected chi connectivity index (χ4v) is 2.70. The highest BCUT2D eigenvalue weighted by Gasteiger charge is 2.24. The van der Waals surface area contributed by atoms with Gasteiger partial charge in [-0.2, -0.15) is 0 Å². The van der Waals surface area contributed by atoms with Crippen molar-refractivity contribution in [1.82, 2.24) is 9.88 Å². The standard InChI is InChI=1S/C16H17FN2O3.ClH/c17-13-3-1-2-12(8-13)15-18-14(10-22-15)9-19-6-4-11(5-7-19)16(20)21;/h1-3,8,10-11H,4-7,9H2,(H,20,21);1H. The van der Waals surface area contributed by atoms with E-state index in [1.807, 2.05) is 0 Å². The zero-order chi connectivity index (χ0) is 15.5. The number of aliphatic carboxylic acids is 1. The predicted molar refractivity (Wildman–Crippen MR) is 84.8 cm³/mol. The number of hydrogen-bond donors (Lipinski definition) is 1. The molecule has 0 radical (unpaired) electrons. The molecule has 23 heavy (non-hydrogen) atoms. The fraction of sp³-hybridized carbons (Fsp3) is 0.375. The third-order valence-electron chi connectivity index (χ3n) is 3.95. The first-order chi connectivity index (χ1) is 10.6. The van der Waals surface area contributed by atoms with E-state index in [0.29, 0.717) is 30.8 Å². The highest BCUT2D eigenvalue weighted by molar-refractivity contribution is 5.85. The zero-order valence-electron chi connectivity index (χ0n) is 12.4. The number of hydrogen-bond acceptors (Lipinski definition) is 4. The highest BCUT2D eigenvalue weighted by Crippen LogP contribution is 2.22. The molecule has 0 saturated carbocycles. The minimum Gasteiger partial charge on any atom is -0.481 e. The quantitative estimate of drug-likeness (QED) is 0.925. The number of carboxylic acids is 1. The molecular formula is C16H18ClFN2O3. The van der Waals surface area contributed by atoms with E-state index >= 15 is 0 Å².